The Morgan fingerprint density at radius 1 is 1.00 bits per heavy atom. The van der Waals surface area contributed by atoms with Gasteiger partial charge in [0, 0.05) is 73.1 Å². The number of amides is 1. The van der Waals surface area contributed by atoms with Crippen LogP contribution in [0.4, 0.5) is 17.2 Å². The zero-order valence-corrected chi connectivity index (χ0v) is 22.3. The molecule has 10 nitrogen and oxygen atoms in total. The van der Waals surface area contributed by atoms with Gasteiger partial charge in [0.05, 0.1) is 47.1 Å². The number of hydrogen-bond donors (Lipinski definition) is 2. The Hall–Kier alpha value is -4.96. The number of para-hydroxylation sites is 1. The fraction of sp³-hybridized carbons (Fsp3) is 0.200. The number of fused-ring (bicyclic) bond motifs is 1. The second-order valence-corrected chi connectivity index (χ2v) is 9.40. The zero-order valence-electron chi connectivity index (χ0n) is 22.3. The molecule has 200 valence electrons. The number of aromatic nitrogens is 5. The van der Waals surface area contributed by atoms with Crippen LogP contribution in [0.25, 0.3) is 33.4 Å². The molecule has 1 amide bonds. The van der Waals surface area contributed by atoms with Gasteiger partial charge in [-0.1, -0.05) is 18.2 Å². The lowest BCUT2D eigenvalue weighted by Gasteiger charge is -2.28. The van der Waals surface area contributed by atoms with Crippen LogP contribution in [0.2, 0.25) is 0 Å². The summed E-state index contributed by atoms with van der Waals surface area (Å²) in [5, 5.41) is 7.26. The number of benzene rings is 1. The van der Waals surface area contributed by atoms with Gasteiger partial charge in [0.1, 0.15) is 12.1 Å². The third-order valence-corrected chi connectivity index (χ3v) is 6.99. The number of hydrogen-bond acceptors (Lipinski definition) is 9. The van der Waals surface area contributed by atoms with Crippen LogP contribution in [-0.2, 0) is 4.74 Å². The quantitative estimate of drug-likeness (QED) is 0.328. The summed E-state index contributed by atoms with van der Waals surface area (Å²) in [6.07, 6.45) is 8.63. The molecule has 10 heteroatoms. The lowest BCUT2D eigenvalue weighted by molar-refractivity contribution is 0.0964. The fourth-order valence-corrected chi connectivity index (χ4v) is 4.93. The van der Waals surface area contributed by atoms with Gasteiger partial charge in [0.2, 0.25) is 0 Å². The molecule has 6 rings (SSSR count). The molecular weight excluding hydrogens is 504 g/mol. The summed E-state index contributed by atoms with van der Waals surface area (Å²) in [5.41, 5.74) is 6.73. The van der Waals surface area contributed by atoms with Crippen molar-refractivity contribution in [1.29, 1.82) is 0 Å². The number of rotatable bonds is 6. The highest BCUT2D eigenvalue weighted by atomic mass is 16.5. The second-order valence-electron chi connectivity index (χ2n) is 9.40. The van der Waals surface area contributed by atoms with Crippen molar-refractivity contribution in [3.63, 3.8) is 0 Å². The molecule has 1 aliphatic heterocycles. The average Bonchev–Trinajstić information content (AvgIpc) is 3.02. The van der Waals surface area contributed by atoms with Gasteiger partial charge in [0.25, 0.3) is 5.91 Å². The van der Waals surface area contributed by atoms with E-state index >= 15 is 0 Å². The van der Waals surface area contributed by atoms with E-state index < -0.39 is 0 Å². The molecule has 0 radical (unpaired) electrons. The molecule has 0 aliphatic carbocycles. The van der Waals surface area contributed by atoms with Gasteiger partial charge in [0.15, 0.2) is 0 Å². The van der Waals surface area contributed by atoms with Gasteiger partial charge in [-0.25, -0.2) is 19.9 Å². The maximum Gasteiger partial charge on any atom is 0.253 e. The van der Waals surface area contributed by atoms with Crippen molar-refractivity contribution >= 4 is 34.0 Å². The summed E-state index contributed by atoms with van der Waals surface area (Å²) in [6, 6.07) is 13.4. The topological polar surface area (TPSA) is 118 Å². The Morgan fingerprint density at radius 3 is 2.58 bits per heavy atom. The van der Waals surface area contributed by atoms with Crippen molar-refractivity contribution in [3.05, 3.63) is 84.7 Å². The Bertz CT molecular complexity index is 1670. The average molecular weight is 533 g/mol. The molecule has 1 aliphatic rings. The van der Waals surface area contributed by atoms with Crippen molar-refractivity contribution < 1.29 is 9.53 Å². The number of anilines is 3. The highest BCUT2D eigenvalue weighted by molar-refractivity contribution is 6.10. The van der Waals surface area contributed by atoms with E-state index in [-0.39, 0.29) is 5.91 Å². The van der Waals surface area contributed by atoms with Gasteiger partial charge in [-0.05, 0) is 25.1 Å². The fourth-order valence-electron chi connectivity index (χ4n) is 4.93. The van der Waals surface area contributed by atoms with Crippen molar-refractivity contribution in [2.45, 2.75) is 6.92 Å². The Kier molecular flexibility index (Phi) is 6.98. The Labute approximate surface area is 231 Å². The van der Waals surface area contributed by atoms with Crippen LogP contribution in [-0.4, -0.2) is 64.2 Å². The summed E-state index contributed by atoms with van der Waals surface area (Å²) in [6.45, 7) is 4.85. The number of nitrogens with zero attached hydrogens (tertiary/aromatic N) is 6. The molecule has 0 saturated carbocycles. The molecule has 1 fully saturated rings. The normalized spacial score (nSPS) is 13.3. The minimum Gasteiger partial charge on any atom is -0.378 e. The third kappa shape index (κ3) is 4.80. The van der Waals surface area contributed by atoms with Gasteiger partial charge in [-0.3, -0.25) is 9.78 Å². The maximum atomic E-state index is 12.9. The van der Waals surface area contributed by atoms with Gasteiger partial charge in [-0.2, -0.15) is 0 Å². The smallest absolute Gasteiger partial charge is 0.253 e. The van der Waals surface area contributed by atoms with E-state index in [2.05, 4.69) is 30.5 Å². The van der Waals surface area contributed by atoms with Crippen LogP contribution in [0, 0.1) is 6.92 Å². The summed E-state index contributed by atoms with van der Waals surface area (Å²) >= 11 is 0. The highest BCUT2D eigenvalue weighted by Crippen LogP contribution is 2.39. The second kappa shape index (κ2) is 11.0. The lowest BCUT2D eigenvalue weighted by Crippen LogP contribution is -2.36. The monoisotopic (exact) mass is 532 g/mol. The van der Waals surface area contributed by atoms with E-state index in [0.29, 0.717) is 30.0 Å². The molecule has 4 aromatic heterocycles. The summed E-state index contributed by atoms with van der Waals surface area (Å²) < 4.78 is 5.55. The molecule has 40 heavy (non-hydrogen) atoms. The molecule has 5 aromatic rings. The zero-order chi connectivity index (χ0) is 27.5. The maximum absolute atomic E-state index is 12.9. The molecular formula is C30H28N8O2. The predicted octanol–water partition coefficient (Wildman–Crippen LogP) is 4.40. The minimum atomic E-state index is -0.208. The molecule has 1 aromatic carbocycles. The van der Waals surface area contributed by atoms with Crippen LogP contribution < -0.4 is 15.5 Å². The summed E-state index contributed by atoms with van der Waals surface area (Å²) in [5.74, 6) is 0.638. The molecule has 0 spiro atoms. The minimum absolute atomic E-state index is 0.208. The molecule has 1 saturated heterocycles. The first-order valence-electron chi connectivity index (χ1n) is 13.1. The van der Waals surface area contributed by atoms with Crippen molar-refractivity contribution in [2.75, 3.05) is 43.6 Å². The first kappa shape index (κ1) is 25.3. The van der Waals surface area contributed by atoms with E-state index in [1.165, 1.54) is 6.33 Å². The van der Waals surface area contributed by atoms with E-state index in [9.17, 15) is 4.79 Å². The van der Waals surface area contributed by atoms with Gasteiger partial charge < -0.3 is 20.3 Å². The van der Waals surface area contributed by atoms with E-state index in [1.807, 2.05) is 49.5 Å². The molecule has 2 N–H and O–H groups in total. The van der Waals surface area contributed by atoms with Crippen molar-refractivity contribution in [2.24, 2.45) is 0 Å². The SMILES string of the molecule is CNC(=O)c1cccc2c(Nc3cc(N4CCOCC4)ncc3-c3cncnc3)c(C)c(-c3ccccn3)nc12. The van der Waals surface area contributed by atoms with Crippen molar-refractivity contribution in [3.8, 4) is 22.5 Å². The lowest BCUT2D eigenvalue weighted by atomic mass is 10.0. The van der Waals surface area contributed by atoms with Crippen LogP contribution in [0.3, 0.4) is 0 Å². The number of pyridine rings is 3. The van der Waals surface area contributed by atoms with Crippen LogP contribution in [0.1, 0.15) is 15.9 Å². The number of nitrogens with one attached hydrogen (secondary N) is 2. The summed E-state index contributed by atoms with van der Waals surface area (Å²) in [4.78, 5) is 37.8. The Balaban J connectivity index is 1.57. The predicted molar refractivity (Wildman–Crippen MR) is 155 cm³/mol. The molecule has 0 bridgehead atoms. The Morgan fingerprint density at radius 2 is 1.82 bits per heavy atom. The van der Waals surface area contributed by atoms with Gasteiger partial charge in [-0.15, -0.1) is 0 Å². The number of ether oxygens (including phenoxy) is 1. The standard InChI is InChI=1S/C30H28N8O2/c1-19-27(21-6-5-7-22(30(39)31-2)29(21)37-28(19)24-8-3-4-9-34-24)36-25-14-26(38-10-12-40-13-11-38)35-17-23(25)20-15-32-18-33-16-20/h3-9,14-18H,10-13H2,1-2H3,(H,31,39)(H,35,36,37). The van der Waals surface area contributed by atoms with Crippen LogP contribution in [0.15, 0.2) is 73.6 Å². The van der Waals surface area contributed by atoms with Crippen molar-refractivity contribution in [1.82, 2.24) is 30.2 Å². The van der Waals surface area contributed by atoms with Gasteiger partial charge >= 0.3 is 0 Å². The first-order valence-corrected chi connectivity index (χ1v) is 13.1. The summed E-state index contributed by atoms with van der Waals surface area (Å²) in [7, 11) is 1.62. The van der Waals surface area contributed by atoms with E-state index in [4.69, 9.17) is 14.7 Å². The molecule has 0 unspecified atom stereocenters. The van der Waals surface area contributed by atoms with Crippen LogP contribution >= 0.6 is 0 Å². The largest absolute Gasteiger partial charge is 0.378 e. The van der Waals surface area contributed by atoms with Crippen LogP contribution in [0.5, 0.6) is 0 Å². The number of morpholine rings is 1. The first-order chi connectivity index (χ1) is 19.6. The van der Waals surface area contributed by atoms with E-state index in [1.54, 1.807) is 31.7 Å². The molecule has 5 heterocycles. The van der Waals surface area contributed by atoms with E-state index in [0.717, 1.165) is 58.1 Å². The number of carbonyl (C=O) groups is 1. The molecule has 0 atom stereocenters. The highest BCUT2D eigenvalue weighted by Gasteiger charge is 2.21. The number of carbonyl (C=O) groups excluding carboxylic acids is 1. The third-order valence-electron chi connectivity index (χ3n) is 6.99.